The van der Waals surface area contributed by atoms with Gasteiger partial charge < -0.3 is 0 Å². The normalized spacial score (nSPS) is 15.4. The molecule has 1 aliphatic rings. The number of aryl methyl sites for hydroxylation is 2. The minimum absolute atomic E-state index is 0.0346. The van der Waals surface area contributed by atoms with Crippen molar-refractivity contribution in [2.45, 2.75) is 51.4 Å². The zero-order chi connectivity index (χ0) is 26.5. The first-order chi connectivity index (χ1) is 18.4. The largest absolute Gasteiger partial charge is 0.256 e. The van der Waals surface area contributed by atoms with E-state index >= 15 is 0 Å². The Morgan fingerprint density at radius 2 is 1.08 bits per heavy atom. The highest BCUT2D eigenvalue weighted by Gasteiger charge is 2.36. The fraction of sp³-hybridized carbons (Fsp3) is 0.235. The third-order valence-electron chi connectivity index (χ3n) is 7.61. The molecular formula is C34H32Br2N2. The van der Waals surface area contributed by atoms with Gasteiger partial charge in [-0.05, 0) is 96.5 Å². The predicted molar refractivity (Wildman–Crippen MR) is 169 cm³/mol. The van der Waals surface area contributed by atoms with Crippen molar-refractivity contribution in [3.05, 3.63) is 127 Å². The van der Waals surface area contributed by atoms with Gasteiger partial charge in [0.2, 0.25) is 0 Å². The van der Waals surface area contributed by atoms with E-state index in [0.717, 1.165) is 31.4 Å². The third-order valence-corrected chi connectivity index (χ3v) is 8.60. The van der Waals surface area contributed by atoms with Crippen LogP contribution in [0.15, 0.2) is 104 Å². The van der Waals surface area contributed by atoms with E-state index in [1.54, 1.807) is 0 Å². The number of halogens is 2. The molecule has 1 fully saturated rings. The van der Waals surface area contributed by atoms with Gasteiger partial charge in [-0.15, -0.1) is 0 Å². The van der Waals surface area contributed by atoms with Gasteiger partial charge in [0.25, 0.3) is 0 Å². The van der Waals surface area contributed by atoms with Crippen LogP contribution in [0.5, 0.6) is 0 Å². The Morgan fingerprint density at radius 1 is 0.605 bits per heavy atom. The molecule has 1 aliphatic carbocycles. The Hall–Kier alpha value is -2.82. The first-order valence-corrected chi connectivity index (χ1v) is 14.8. The Bertz CT molecular complexity index is 1390. The second-order valence-electron chi connectivity index (χ2n) is 10.3. The van der Waals surface area contributed by atoms with Crippen LogP contribution < -0.4 is 0 Å². The predicted octanol–water partition coefficient (Wildman–Crippen LogP) is 10.6. The number of aliphatic imine (C=N–C) groups is 2. The van der Waals surface area contributed by atoms with Crippen LogP contribution in [0, 0.1) is 13.8 Å². The summed E-state index contributed by atoms with van der Waals surface area (Å²) in [5.74, 6) is 0. The molecule has 38 heavy (non-hydrogen) atoms. The van der Waals surface area contributed by atoms with E-state index in [1.165, 1.54) is 54.4 Å². The molecule has 0 aliphatic heterocycles. The molecule has 0 aromatic heterocycles. The van der Waals surface area contributed by atoms with E-state index in [-0.39, 0.29) is 5.41 Å². The summed E-state index contributed by atoms with van der Waals surface area (Å²) in [6, 6.07) is 30.2. The Balaban J connectivity index is 1.45. The summed E-state index contributed by atoms with van der Waals surface area (Å²) in [7, 11) is 0. The minimum Gasteiger partial charge on any atom is -0.256 e. The van der Waals surface area contributed by atoms with Crippen molar-refractivity contribution in [2.75, 3.05) is 0 Å². The molecule has 2 nitrogen and oxygen atoms in total. The van der Waals surface area contributed by atoms with Gasteiger partial charge in [-0.3, -0.25) is 9.98 Å². The summed E-state index contributed by atoms with van der Waals surface area (Å²) in [6.07, 6.45) is 10.1. The summed E-state index contributed by atoms with van der Waals surface area (Å²) in [5, 5.41) is 0. The van der Waals surface area contributed by atoms with Crippen LogP contribution in [0.3, 0.4) is 0 Å². The second kappa shape index (κ2) is 11.9. The standard InChI is InChI=1S/C34H32Br2N2/c1-24-18-28(12-14-32(24)37-22-26-8-6-10-30(35)20-26)34(16-4-3-5-17-34)29-13-15-33(25(2)19-29)38-23-27-9-7-11-31(36)21-27/h6-15,18-23H,3-5,16-17H2,1-2H3. The highest BCUT2D eigenvalue weighted by Crippen LogP contribution is 2.46. The van der Waals surface area contributed by atoms with Crippen molar-refractivity contribution in [2.24, 2.45) is 9.98 Å². The fourth-order valence-corrected chi connectivity index (χ4v) is 6.39. The molecule has 0 heterocycles. The average molecular weight is 628 g/mol. The van der Waals surface area contributed by atoms with Crippen LogP contribution in [0.25, 0.3) is 0 Å². The Kier molecular flexibility index (Phi) is 8.40. The number of rotatable bonds is 6. The maximum Gasteiger partial charge on any atom is 0.0659 e. The van der Waals surface area contributed by atoms with Crippen LogP contribution in [0.1, 0.15) is 65.5 Å². The van der Waals surface area contributed by atoms with E-state index < -0.39 is 0 Å². The third kappa shape index (κ3) is 6.08. The first kappa shape index (κ1) is 26.8. The van der Waals surface area contributed by atoms with Gasteiger partial charge in [-0.2, -0.15) is 0 Å². The molecule has 0 atom stereocenters. The lowest BCUT2D eigenvalue weighted by molar-refractivity contribution is 0.346. The molecule has 4 aromatic carbocycles. The number of hydrogen-bond donors (Lipinski definition) is 0. The van der Waals surface area contributed by atoms with Crippen LogP contribution >= 0.6 is 31.9 Å². The molecule has 0 spiro atoms. The van der Waals surface area contributed by atoms with Crippen LogP contribution in [-0.4, -0.2) is 12.4 Å². The summed E-state index contributed by atoms with van der Waals surface area (Å²) >= 11 is 7.09. The van der Waals surface area contributed by atoms with Crippen LogP contribution in [0.4, 0.5) is 11.4 Å². The zero-order valence-electron chi connectivity index (χ0n) is 21.9. The van der Waals surface area contributed by atoms with E-state index in [9.17, 15) is 0 Å². The molecule has 0 radical (unpaired) electrons. The molecule has 0 saturated heterocycles. The first-order valence-electron chi connectivity index (χ1n) is 13.2. The maximum absolute atomic E-state index is 4.81. The monoisotopic (exact) mass is 626 g/mol. The summed E-state index contributed by atoms with van der Waals surface area (Å²) in [6.45, 7) is 4.36. The van der Waals surface area contributed by atoms with Crippen molar-refractivity contribution in [3.63, 3.8) is 0 Å². The second-order valence-corrected chi connectivity index (χ2v) is 12.1. The number of nitrogens with zero attached hydrogens (tertiary/aromatic N) is 2. The van der Waals surface area contributed by atoms with E-state index in [0.29, 0.717) is 0 Å². The summed E-state index contributed by atoms with van der Waals surface area (Å²) in [5.41, 5.74) is 9.49. The van der Waals surface area contributed by atoms with Gasteiger partial charge in [0.15, 0.2) is 0 Å². The smallest absolute Gasteiger partial charge is 0.0659 e. The molecule has 1 saturated carbocycles. The topological polar surface area (TPSA) is 24.7 Å². The van der Waals surface area contributed by atoms with E-state index in [1.807, 2.05) is 36.7 Å². The molecule has 192 valence electrons. The quantitative estimate of drug-likeness (QED) is 0.190. The van der Waals surface area contributed by atoms with Crippen LogP contribution in [0.2, 0.25) is 0 Å². The van der Waals surface area contributed by atoms with E-state index in [2.05, 4.69) is 106 Å². The highest BCUT2D eigenvalue weighted by molar-refractivity contribution is 9.10. The average Bonchev–Trinajstić information content (AvgIpc) is 2.92. The van der Waals surface area contributed by atoms with Gasteiger partial charge in [-0.25, -0.2) is 0 Å². The summed E-state index contributed by atoms with van der Waals surface area (Å²) < 4.78 is 2.13. The lowest BCUT2D eigenvalue weighted by Gasteiger charge is -2.39. The molecule has 5 rings (SSSR count). The Labute approximate surface area is 243 Å². The van der Waals surface area contributed by atoms with E-state index in [4.69, 9.17) is 9.98 Å². The molecule has 0 amide bonds. The lowest BCUT2D eigenvalue weighted by Crippen LogP contribution is -2.30. The zero-order valence-corrected chi connectivity index (χ0v) is 25.1. The molecule has 0 bridgehead atoms. The fourth-order valence-electron chi connectivity index (χ4n) is 5.56. The SMILES string of the molecule is Cc1cc(C2(c3ccc(N=Cc4cccc(Br)c4)c(C)c3)CCCCC2)ccc1N=Cc1cccc(Br)c1. The maximum atomic E-state index is 4.81. The molecular weight excluding hydrogens is 596 g/mol. The molecule has 4 aromatic rings. The van der Waals surface area contributed by atoms with Crippen molar-refractivity contribution in [3.8, 4) is 0 Å². The van der Waals surface area contributed by atoms with Crippen molar-refractivity contribution >= 4 is 55.7 Å². The highest BCUT2D eigenvalue weighted by atomic mass is 79.9. The van der Waals surface area contributed by atoms with Gasteiger partial charge in [-0.1, -0.05) is 99.7 Å². The van der Waals surface area contributed by atoms with Gasteiger partial charge in [0.05, 0.1) is 11.4 Å². The molecule has 0 unspecified atom stereocenters. The van der Waals surface area contributed by atoms with Gasteiger partial charge in [0.1, 0.15) is 0 Å². The van der Waals surface area contributed by atoms with Gasteiger partial charge >= 0.3 is 0 Å². The molecule has 0 N–H and O–H groups in total. The van der Waals surface area contributed by atoms with Crippen molar-refractivity contribution in [1.29, 1.82) is 0 Å². The van der Waals surface area contributed by atoms with Crippen molar-refractivity contribution in [1.82, 2.24) is 0 Å². The molecule has 4 heteroatoms. The van der Waals surface area contributed by atoms with Crippen molar-refractivity contribution < 1.29 is 0 Å². The number of benzene rings is 4. The minimum atomic E-state index is 0.0346. The van der Waals surface area contributed by atoms with Crippen LogP contribution in [-0.2, 0) is 5.41 Å². The number of hydrogen-bond acceptors (Lipinski definition) is 2. The lowest BCUT2D eigenvalue weighted by atomic mass is 9.65. The summed E-state index contributed by atoms with van der Waals surface area (Å²) in [4.78, 5) is 9.62. The Morgan fingerprint density at radius 3 is 1.50 bits per heavy atom. The van der Waals surface area contributed by atoms with Gasteiger partial charge in [0, 0.05) is 26.8 Å².